The Labute approximate surface area is 217 Å². The molecule has 5 nitrogen and oxygen atoms in total. The maximum absolute atomic E-state index is 13.3. The number of carbonyl (C=O) groups is 1. The summed E-state index contributed by atoms with van der Waals surface area (Å²) in [6.07, 6.45) is 5.91. The summed E-state index contributed by atoms with van der Waals surface area (Å²) in [5.41, 5.74) is 4.62. The predicted octanol–water partition coefficient (Wildman–Crippen LogP) is 7.22. The molecule has 4 aromatic rings. The topological polar surface area (TPSA) is 65.7 Å². The van der Waals surface area contributed by atoms with Gasteiger partial charge in [0.2, 0.25) is 0 Å². The second-order valence-electron chi connectivity index (χ2n) is 9.93. The number of ether oxygens (including phenoxy) is 2. The van der Waals surface area contributed by atoms with Gasteiger partial charge < -0.3 is 13.9 Å². The summed E-state index contributed by atoms with van der Waals surface area (Å²) in [5, 5.41) is 0.783. The van der Waals surface area contributed by atoms with Crippen LogP contribution in [0.25, 0.3) is 22.1 Å². The Hall–Kier alpha value is -3.86. The fourth-order valence-corrected chi connectivity index (χ4v) is 5.16. The van der Waals surface area contributed by atoms with Crippen molar-refractivity contribution in [2.45, 2.75) is 58.5 Å². The number of methoxy groups -OCH3 is 1. The third-order valence-corrected chi connectivity index (χ3v) is 7.22. The molecule has 1 saturated carbocycles. The number of hydrogen-bond donors (Lipinski definition) is 0. The SMILES string of the molecule is COc1ccc(C(=O)Cc2cc3ccc(OC4CCCCC4)c(C)c3oc2=O)cc1-c1cccc(C)c1. The maximum Gasteiger partial charge on any atom is 0.339 e. The summed E-state index contributed by atoms with van der Waals surface area (Å²) in [4.78, 5) is 26.2. The number of rotatable bonds is 7. The van der Waals surface area contributed by atoms with Gasteiger partial charge in [-0.2, -0.15) is 0 Å². The number of fused-ring (bicyclic) bond motifs is 1. The highest BCUT2D eigenvalue weighted by atomic mass is 16.5. The molecule has 190 valence electrons. The van der Waals surface area contributed by atoms with Crippen LogP contribution in [0.4, 0.5) is 0 Å². The standard InChI is InChI=1S/C32H32O5/c1-20-8-7-9-22(16-20)27-18-23(12-15-30(27)35-3)28(33)19-25-17-24-13-14-29(21(2)31(24)37-32(25)34)36-26-10-5-4-6-11-26/h7-9,12-18,26H,4-6,10-11,19H2,1-3H3. The van der Waals surface area contributed by atoms with E-state index in [9.17, 15) is 9.59 Å². The van der Waals surface area contributed by atoms with Gasteiger partial charge in [-0.25, -0.2) is 4.79 Å². The molecule has 0 aliphatic heterocycles. The van der Waals surface area contributed by atoms with Gasteiger partial charge in [0, 0.05) is 34.1 Å². The van der Waals surface area contributed by atoms with Crippen molar-refractivity contribution in [3.63, 3.8) is 0 Å². The van der Waals surface area contributed by atoms with E-state index in [2.05, 4.69) is 6.07 Å². The first kappa shape index (κ1) is 24.8. The molecule has 1 aliphatic carbocycles. The van der Waals surface area contributed by atoms with Crippen molar-refractivity contribution in [2.75, 3.05) is 7.11 Å². The summed E-state index contributed by atoms with van der Waals surface area (Å²) >= 11 is 0. The lowest BCUT2D eigenvalue weighted by atomic mass is 9.96. The molecule has 5 heteroatoms. The monoisotopic (exact) mass is 496 g/mol. The minimum absolute atomic E-state index is 0.0444. The predicted molar refractivity (Wildman–Crippen MR) is 146 cm³/mol. The quantitative estimate of drug-likeness (QED) is 0.200. The van der Waals surface area contributed by atoms with Crippen molar-refractivity contribution >= 4 is 16.8 Å². The van der Waals surface area contributed by atoms with Crippen molar-refractivity contribution < 1.29 is 18.7 Å². The Morgan fingerprint density at radius 1 is 0.946 bits per heavy atom. The van der Waals surface area contributed by atoms with Crippen LogP contribution in [0.2, 0.25) is 0 Å². The van der Waals surface area contributed by atoms with E-state index < -0.39 is 5.63 Å². The van der Waals surface area contributed by atoms with Gasteiger partial charge in [-0.05, 0) is 81.5 Å². The van der Waals surface area contributed by atoms with Gasteiger partial charge in [0.25, 0.3) is 0 Å². The van der Waals surface area contributed by atoms with Crippen molar-refractivity contribution in [2.24, 2.45) is 0 Å². The minimum Gasteiger partial charge on any atom is -0.496 e. The lowest BCUT2D eigenvalue weighted by molar-refractivity contribution is 0.0992. The van der Waals surface area contributed by atoms with Crippen molar-refractivity contribution in [3.8, 4) is 22.6 Å². The molecule has 0 radical (unpaired) electrons. The van der Waals surface area contributed by atoms with Gasteiger partial charge in [-0.15, -0.1) is 0 Å². The van der Waals surface area contributed by atoms with Gasteiger partial charge in [-0.1, -0.05) is 36.2 Å². The van der Waals surface area contributed by atoms with Crippen LogP contribution in [0, 0.1) is 13.8 Å². The van der Waals surface area contributed by atoms with Gasteiger partial charge in [0.1, 0.15) is 17.1 Å². The van der Waals surface area contributed by atoms with E-state index in [1.54, 1.807) is 25.3 Å². The first-order chi connectivity index (χ1) is 17.9. The largest absolute Gasteiger partial charge is 0.496 e. The first-order valence-electron chi connectivity index (χ1n) is 12.9. The van der Waals surface area contributed by atoms with Crippen LogP contribution in [0.1, 0.15) is 59.2 Å². The van der Waals surface area contributed by atoms with E-state index in [0.717, 1.165) is 46.2 Å². The number of benzene rings is 3. The first-order valence-corrected chi connectivity index (χ1v) is 12.9. The summed E-state index contributed by atoms with van der Waals surface area (Å²) < 4.78 is 17.5. The molecule has 0 saturated heterocycles. The lowest BCUT2D eigenvalue weighted by Crippen LogP contribution is -2.20. The zero-order chi connectivity index (χ0) is 25.9. The summed E-state index contributed by atoms with van der Waals surface area (Å²) in [5.74, 6) is 1.29. The number of carbonyl (C=O) groups excluding carboxylic acids is 1. The van der Waals surface area contributed by atoms with Crippen LogP contribution in [-0.2, 0) is 6.42 Å². The Balaban J connectivity index is 1.41. The molecular formula is C32H32O5. The molecule has 0 N–H and O–H groups in total. The molecule has 37 heavy (non-hydrogen) atoms. The Bertz CT molecular complexity index is 1510. The van der Waals surface area contributed by atoms with Crippen molar-refractivity contribution in [1.29, 1.82) is 0 Å². The number of hydrogen-bond acceptors (Lipinski definition) is 5. The maximum atomic E-state index is 13.3. The third kappa shape index (κ3) is 5.31. The Morgan fingerprint density at radius 2 is 1.73 bits per heavy atom. The molecule has 0 unspecified atom stereocenters. The van der Waals surface area contributed by atoms with E-state index in [-0.39, 0.29) is 18.3 Å². The van der Waals surface area contributed by atoms with E-state index in [4.69, 9.17) is 13.9 Å². The highest BCUT2D eigenvalue weighted by Crippen LogP contribution is 2.33. The molecule has 1 aliphatic rings. The van der Waals surface area contributed by atoms with E-state index in [1.165, 1.54) is 19.3 Å². The molecular weight excluding hydrogens is 464 g/mol. The van der Waals surface area contributed by atoms with Gasteiger partial charge in [0.15, 0.2) is 5.78 Å². The summed E-state index contributed by atoms with van der Waals surface area (Å²) in [7, 11) is 1.62. The Kier molecular flexibility index (Phi) is 7.13. The van der Waals surface area contributed by atoms with Crippen LogP contribution in [0.15, 0.2) is 69.9 Å². The molecule has 0 amide bonds. The average Bonchev–Trinajstić information content (AvgIpc) is 2.91. The molecule has 0 spiro atoms. The number of aryl methyl sites for hydroxylation is 2. The molecule has 0 bridgehead atoms. The van der Waals surface area contributed by atoms with E-state index in [0.29, 0.717) is 22.5 Å². The second kappa shape index (κ2) is 10.6. The molecule has 1 aromatic heterocycles. The van der Waals surface area contributed by atoms with Crippen LogP contribution in [0.3, 0.4) is 0 Å². The van der Waals surface area contributed by atoms with Crippen LogP contribution < -0.4 is 15.1 Å². The van der Waals surface area contributed by atoms with Gasteiger partial charge in [-0.3, -0.25) is 4.79 Å². The summed E-state index contributed by atoms with van der Waals surface area (Å²) in [6, 6.07) is 19.0. The normalized spacial score (nSPS) is 14.0. The minimum atomic E-state index is -0.494. The number of ketones is 1. The lowest BCUT2D eigenvalue weighted by Gasteiger charge is -2.24. The fourth-order valence-electron chi connectivity index (χ4n) is 5.16. The highest BCUT2D eigenvalue weighted by molar-refractivity contribution is 5.99. The average molecular weight is 497 g/mol. The van der Waals surface area contributed by atoms with E-state index in [1.807, 2.05) is 50.2 Å². The molecule has 1 heterocycles. The van der Waals surface area contributed by atoms with Gasteiger partial charge >= 0.3 is 5.63 Å². The highest BCUT2D eigenvalue weighted by Gasteiger charge is 2.19. The Morgan fingerprint density at radius 3 is 2.49 bits per heavy atom. The third-order valence-electron chi connectivity index (χ3n) is 7.22. The van der Waals surface area contributed by atoms with Crippen molar-refractivity contribution in [3.05, 3.63) is 93.3 Å². The molecule has 3 aromatic carbocycles. The smallest absolute Gasteiger partial charge is 0.339 e. The second-order valence-corrected chi connectivity index (χ2v) is 9.93. The number of Topliss-reactive ketones (excluding diaryl/α,β-unsaturated/α-hetero) is 1. The molecule has 1 fully saturated rings. The van der Waals surface area contributed by atoms with Crippen LogP contribution in [-0.4, -0.2) is 19.0 Å². The van der Waals surface area contributed by atoms with Crippen molar-refractivity contribution in [1.82, 2.24) is 0 Å². The zero-order valence-electron chi connectivity index (χ0n) is 21.6. The molecule has 0 atom stereocenters. The van der Waals surface area contributed by atoms with Crippen LogP contribution in [0.5, 0.6) is 11.5 Å². The summed E-state index contributed by atoms with van der Waals surface area (Å²) in [6.45, 7) is 3.94. The van der Waals surface area contributed by atoms with Gasteiger partial charge in [0.05, 0.1) is 13.2 Å². The zero-order valence-corrected chi connectivity index (χ0v) is 21.6. The fraction of sp³-hybridized carbons (Fsp3) is 0.312. The van der Waals surface area contributed by atoms with Crippen LogP contribution >= 0.6 is 0 Å². The molecule has 5 rings (SSSR count). The van der Waals surface area contributed by atoms with E-state index >= 15 is 0 Å².